The molecule has 1 heterocycles. The van der Waals surface area contributed by atoms with Crippen molar-refractivity contribution in [1.82, 2.24) is 0 Å². The lowest BCUT2D eigenvalue weighted by molar-refractivity contribution is -0.121. The summed E-state index contributed by atoms with van der Waals surface area (Å²) < 4.78 is 5.17. The van der Waals surface area contributed by atoms with Crippen LogP contribution in [-0.4, -0.2) is 20.1 Å². The number of rotatable bonds is 1. The molecule has 0 radical (unpaired) electrons. The van der Waals surface area contributed by atoms with Gasteiger partial charge in [-0.05, 0) is 31.5 Å². The van der Waals surface area contributed by atoms with Gasteiger partial charge in [-0.2, -0.15) is 0 Å². The second kappa shape index (κ2) is 3.39. The highest BCUT2D eigenvalue weighted by Gasteiger charge is 2.42. The molecule has 0 atom stereocenters. The zero-order valence-corrected chi connectivity index (χ0v) is 10.6. The van der Waals surface area contributed by atoms with Crippen LogP contribution in [0, 0.1) is 0 Å². The summed E-state index contributed by atoms with van der Waals surface area (Å²) in [6, 6.07) is 3.63. The van der Waals surface area contributed by atoms with Gasteiger partial charge in [0.05, 0.1) is 17.5 Å². The van der Waals surface area contributed by atoms with Crippen molar-refractivity contribution < 1.29 is 9.53 Å². The number of carbonyl (C=O) groups excluding carboxylic acids is 1. The molecule has 0 bridgehead atoms. The Morgan fingerprint density at radius 3 is 2.56 bits per heavy atom. The summed E-state index contributed by atoms with van der Waals surface area (Å²) in [4.78, 5) is 13.7. The quantitative estimate of drug-likeness (QED) is 0.754. The zero-order chi connectivity index (χ0) is 12.1. The summed E-state index contributed by atoms with van der Waals surface area (Å²) >= 11 is 6.05. The number of benzene rings is 1. The van der Waals surface area contributed by atoms with E-state index in [1.807, 2.05) is 19.9 Å². The number of ether oxygens (including phenoxy) is 1. The van der Waals surface area contributed by atoms with Gasteiger partial charge in [0, 0.05) is 12.7 Å². The normalized spacial score (nSPS) is 17.6. The Morgan fingerprint density at radius 2 is 2.00 bits per heavy atom. The first-order valence-corrected chi connectivity index (χ1v) is 5.43. The SMILES string of the molecule is COc1cc2c(cc1Cl)N(C)C(=O)C2(C)C. The van der Waals surface area contributed by atoms with E-state index in [0.29, 0.717) is 10.8 Å². The highest BCUT2D eigenvalue weighted by Crippen LogP contribution is 2.44. The maximum absolute atomic E-state index is 12.0. The molecule has 3 nitrogen and oxygen atoms in total. The molecule has 2 rings (SSSR count). The van der Waals surface area contributed by atoms with Crippen LogP contribution in [0.5, 0.6) is 5.75 Å². The fourth-order valence-electron chi connectivity index (χ4n) is 2.12. The Hall–Kier alpha value is -1.22. The number of likely N-dealkylation sites (N-methyl/N-ethyl adjacent to an activating group) is 1. The number of hydrogen-bond donors (Lipinski definition) is 0. The minimum Gasteiger partial charge on any atom is -0.495 e. The number of fused-ring (bicyclic) bond motifs is 1. The van der Waals surface area contributed by atoms with Crippen LogP contribution in [0.25, 0.3) is 0 Å². The third-order valence-electron chi connectivity index (χ3n) is 3.14. The molecule has 0 spiro atoms. The van der Waals surface area contributed by atoms with Crippen molar-refractivity contribution in [3.8, 4) is 5.75 Å². The summed E-state index contributed by atoms with van der Waals surface area (Å²) in [5.74, 6) is 0.684. The fourth-order valence-corrected chi connectivity index (χ4v) is 2.36. The molecule has 0 saturated heterocycles. The van der Waals surface area contributed by atoms with Gasteiger partial charge in [0.2, 0.25) is 5.91 Å². The van der Waals surface area contributed by atoms with Gasteiger partial charge in [0.15, 0.2) is 0 Å². The van der Waals surface area contributed by atoms with E-state index in [2.05, 4.69) is 0 Å². The lowest BCUT2D eigenvalue weighted by atomic mass is 9.86. The minimum absolute atomic E-state index is 0.0758. The van der Waals surface area contributed by atoms with Crippen LogP contribution >= 0.6 is 11.6 Å². The number of halogens is 1. The predicted molar refractivity (Wildman–Crippen MR) is 64.4 cm³/mol. The number of carbonyl (C=O) groups is 1. The van der Waals surface area contributed by atoms with Crippen LogP contribution in [0.1, 0.15) is 19.4 Å². The molecule has 0 aliphatic carbocycles. The Bertz CT molecular complexity index is 468. The monoisotopic (exact) mass is 239 g/mol. The van der Waals surface area contributed by atoms with Crippen LogP contribution in [0.4, 0.5) is 5.69 Å². The van der Waals surface area contributed by atoms with Gasteiger partial charge in [-0.25, -0.2) is 0 Å². The van der Waals surface area contributed by atoms with E-state index in [4.69, 9.17) is 16.3 Å². The summed E-state index contributed by atoms with van der Waals surface area (Å²) in [6.45, 7) is 3.82. The number of hydrogen-bond acceptors (Lipinski definition) is 2. The number of anilines is 1. The topological polar surface area (TPSA) is 29.5 Å². The molecule has 16 heavy (non-hydrogen) atoms. The summed E-state index contributed by atoms with van der Waals surface area (Å²) in [6.07, 6.45) is 0. The lowest BCUT2D eigenvalue weighted by Gasteiger charge is -2.16. The van der Waals surface area contributed by atoms with E-state index in [9.17, 15) is 4.79 Å². The van der Waals surface area contributed by atoms with Crippen LogP contribution in [0.3, 0.4) is 0 Å². The van der Waals surface area contributed by atoms with Gasteiger partial charge in [-0.3, -0.25) is 4.79 Å². The molecular weight excluding hydrogens is 226 g/mol. The van der Waals surface area contributed by atoms with Crippen molar-refractivity contribution in [3.05, 3.63) is 22.7 Å². The molecule has 1 aromatic carbocycles. The molecule has 0 unspecified atom stereocenters. The first kappa shape index (κ1) is 11.3. The van der Waals surface area contributed by atoms with Crippen molar-refractivity contribution in [2.75, 3.05) is 19.1 Å². The van der Waals surface area contributed by atoms with Gasteiger partial charge < -0.3 is 9.64 Å². The van der Waals surface area contributed by atoms with E-state index in [1.165, 1.54) is 0 Å². The summed E-state index contributed by atoms with van der Waals surface area (Å²) in [7, 11) is 3.33. The molecule has 86 valence electrons. The van der Waals surface area contributed by atoms with Gasteiger partial charge in [-0.1, -0.05) is 11.6 Å². The van der Waals surface area contributed by atoms with Crippen molar-refractivity contribution in [3.63, 3.8) is 0 Å². The van der Waals surface area contributed by atoms with Crippen LogP contribution in [0.2, 0.25) is 5.02 Å². The molecule has 0 fully saturated rings. The van der Waals surface area contributed by atoms with Crippen molar-refractivity contribution >= 4 is 23.2 Å². The van der Waals surface area contributed by atoms with Crippen molar-refractivity contribution in [1.29, 1.82) is 0 Å². The maximum Gasteiger partial charge on any atom is 0.236 e. The second-order valence-electron chi connectivity index (χ2n) is 4.49. The molecule has 1 aliphatic rings. The number of methoxy groups -OCH3 is 1. The molecular formula is C12H14ClNO2. The average Bonchev–Trinajstić information content (AvgIpc) is 2.40. The standard InChI is InChI=1S/C12H14ClNO2/c1-12(2)7-5-10(16-4)8(13)6-9(7)14(3)11(12)15/h5-6H,1-4H3. The van der Waals surface area contributed by atoms with Gasteiger partial charge in [0.1, 0.15) is 5.75 Å². The summed E-state index contributed by atoms with van der Waals surface area (Å²) in [5.41, 5.74) is 1.31. The molecule has 0 saturated carbocycles. The number of nitrogens with zero attached hydrogens (tertiary/aromatic N) is 1. The highest BCUT2D eigenvalue weighted by atomic mass is 35.5. The molecule has 0 aromatic heterocycles. The average molecular weight is 240 g/mol. The van der Waals surface area contributed by atoms with E-state index < -0.39 is 5.41 Å². The largest absolute Gasteiger partial charge is 0.495 e. The predicted octanol–water partition coefficient (Wildman–Crippen LogP) is 2.60. The first-order chi connectivity index (χ1) is 7.39. The van der Waals surface area contributed by atoms with Gasteiger partial charge >= 0.3 is 0 Å². The van der Waals surface area contributed by atoms with Gasteiger partial charge in [-0.15, -0.1) is 0 Å². The molecule has 1 aromatic rings. The molecule has 1 aliphatic heterocycles. The molecule has 4 heteroatoms. The third-order valence-corrected chi connectivity index (χ3v) is 3.44. The fraction of sp³-hybridized carbons (Fsp3) is 0.417. The zero-order valence-electron chi connectivity index (χ0n) is 9.80. The third kappa shape index (κ3) is 1.31. The lowest BCUT2D eigenvalue weighted by Crippen LogP contribution is -2.33. The Kier molecular flexibility index (Phi) is 2.39. The molecule has 1 amide bonds. The van der Waals surface area contributed by atoms with Crippen molar-refractivity contribution in [2.45, 2.75) is 19.3 Å². The summed E-state index contributed by atoms with van der Waals surface area (Å²) in [5, 5.41) is 0.526. The first-order valence-electron chi connectivity index (χ1n) is 5.05. The van der Waals surface area contributed by atoms with E-state index in [0.717, 1.165) is 11.3 Å². The van der Waals surface area contributed by atoms with E-state index >= 15 is 0 Å². The van der Waals surface area contributed by atoms with Gasteiger partial charge in [0.25, 0.3) is 0 Å². The Labute approximate surface area is 100.0 Å². The van der Waals surface area contributed by atoms with Crippen LogP contribution in [-0.2, 0) is 10.2 Å². The van der Waals surface area contributed by atoms with Crippen LogP contribution < -0.4 is 9.64 Å². The van der Waals surface area contributed by atoms with Crippen molar-refractivity contribution in [2.24, 2.45) is 0 Å². The highest BCUT2D eigenvalue weighted by molar-refractivity contribution is 6.32. The second-order valence-corrected chi connectivity index (χ2v) is 4.90. The Morgan fingerprint density at radius 1 is 1.38 bits per heavy atom. The smallest absolute Gasteiger partial charge is 0.236 e. The van der Waals surface area contributed by atoms with Crippen LogP contribution in [0.15, 0.2) is 12.1 Å². The number of amides is 1. The Balaban J connectivity index is 2.69. The van der Waals surface area contributed by atoms with E-state index in [-0.39, 0.29) is 5.91 Å². The van der Waals surface area contributed by atoms with E-state index in [1.54, 1.807) is 25.1 Å². The molecule has 0 N–H and O–H groups in total. The maximum atomic E-state index is 12.0. The minimum atomic E-state index is -0.512.